The number of carbonyl (C=O) groups excluding carboxylic acids is 1. The molecule has 134 valence electrons. The van der Waals surface area contributed by atoms with Crippen molar-refractivity contribution in [1.29, 1.82) is 5.26 Å². The standard InChI is InChI=1S/C23H16N4O/c24-16-18(15-17-5-2-1-3-6-17)23(28)26-21-7-4-8-22-20(21)11-14-27(22)19-9-12-25-13-10-19/h1-15H,(H,26,28). The maximum absolute atomic E-state index is 12.7. The molecule has 5 nitrogen and oxygen atoms in total. The number of rotatable bonds is 4. The summed E-state index contributed by atoms with van der Waals surface area (Å²) in [4.78, 5) is 16.7. The fourth-order valence-corrected chi connectivity index (χ4v) is 3.06. The van der Waals surface area contributed by atoms with Crippen molar-refractivity contribution in [2.45, 2.75) is 0 Å². The van der Waals surface area contributed by atoms with Crippen LogP contribution < -0.4 is 5.32 Å². The van der Waals surface area contributed by atoms with Crippen molar-refractivity contribution >= 4 is 28.6 Å². The molecule has 0 aliphatic heterocycles. The van der Waals surface area contributed by atoms with Gasteiger partial charge < -0.3 is 9.88 Å². The monoisotopic (exact) mass is 364 g/mol. The average molecular weight is 364 g/mol. The number of aromatic nitrogens is 2. The van der Waals surface area contributed by atoms with Crippen LogP contribution in [0.2, 0.25) is 0 Å². The molecule has 0 aliphatic carbocycles. The molecule has 0 unspecified atom stereocenters. The molecule has 2 heterocycles. The normalized spacial score (nSPS) is 11.2. The van der Waals surface area contributed by atoms with E-state index in [-0.39, 0.29) is 5.57 Å². The molecule has 0 radical (unpaired) electrons. The third-order valence-corrected chi connectivity index (χ3v) is 4.40. The molecule has 4 aromatic rings. The predicted octanol–water partition coefficient (Wildman–Crippen LogP) is 4.57. The van der Waals surface area contributed by atoms with Crippen LogP contribution >= 0.6 is 0 Å². The lowest BCUT2D eigenvalue weighted by Gasteiger charge is -2.08. The zero-order chi connectivity index (χ0) is 19.3. The van der Waals surface area contributed by atoms with Gasteiger partial charge in [-0.25, -0.2) is 0 Å². The Morgan fingerprint density at radius 2 is 1.79 bits per heavy atom. The average Bonchev–Trinajstić information content (AvgIpc) is 3.18. The highest BCUT2D eigenvalue weighted by Crippen LogP contribution is 2.27. The number of nitrogens with one attached hydrogen (secondary N) is 1. The van der Waals surface area contributed by atoms with Gasteiger partial charge in [0.2, 0.25) is 0 Å². The molecule has 0 fully saturated rings. The second kappa shape index (κ2) is 7.60. The molecular formula is C23H16N4O. The highest BCUT2D eigenvalue weighted by molar-refractivity contribution is 6.12. The van der Waals surface area contributed by atoms with Gasteiger partial charge in [-0.15, -0.1) is 0 Å². The minimum Gasteiger partial charge on any atom is -0.321 e. The first-order chi connectivity index (χ1) is 13.8. The van der Waals surface area contributed by atoms with Gasteiger partial charge in [0, 0.05) is 29.7 Å². The Balaban J connectivity index is 1.67. The molecule has 0 bridgehead atoms. The minimum atomic E-state index is -0.435. The van der Waals surface area contributed by atoms with E-state index in [1.165, 1.54) is 0 Å². The number of carbonyl (C=O) groups is 1. The summed E-state index contributed by atoms with van der Waals surface area (Å²) in [5, 5.41) is 13.2. The van der Waals surface area contributed by atoms with Crippen molar-refractivity contribution in [3.63, 3.8) is 0 Å². The van der Waals surface area contributed by atoms with Gasteiger partial charge in [-0.1, -0.05) is 36.4 Å². The van der Waals surface area contributed by atoms with Gasteiger partial charge in [-0.2, -0.15) is 5.26 Å². The summed E-state index contributed by atoms with van der Waals surface area (Å²) in [6, 6.07) is 22.8. The number of benzene rings is 2. The van der Waals surface area contributed by atoms with Gasteiger partial charge in [-0.3, -0.25) is 9.78 Å². The SMILES string of the molecule is N#CC(=Cc1ccccc1)C(=O)Nc1cccc2c1ccn2-c1ccncc1. The van der Waals surface area contributed by atoms with Crippen LogP contribution in [0.3, 0.4) is 0 Å². The molecule has 1 amide bonds. The van der Waals surface area contributed by atoms with E-state index in [0.717, 1.165) is 22.2 Å². The third kappa shape index (κ3) is 3.39. The Morgan fingerprint density at radius 3 is 2.54 bits per heavy atom. The molecule has 4 rings (SSSR count). The molecular weight excluding hydrogens is 348 g/mol. The van der Waals surface area contributed by atoms with E-state index in [1.807, 2.05) is 83.6 Å². The van der Waals surface area contributed by atoms with E-state index < -0.39 is 5.91 Å². The molecule has 28 heavy (non-hydrogen) atoms. The van der Waals surface area contributed by atoms with Crippen LogP contribution in [0.1, 0.15) is 5.56 Å². The molecule has 5 heteroatoms. The van der Waals surface area contributed by atoms with Gasteiger partial charge in [0.05, 0.1) is 11.2 Å². The highest BCUT2D eigenvalue weighted by atomic mass is 16.1. The predicted molar refractivity (Wildman–Crippen MR) is 110 cm³/mol. The van der Waals surface area contributed by atoms with Crippen LogP contribution in [0.4, 0.5) is 5.69 Å². The van der Waals surface area contributed by atoms with E-state index in [1.54, 1.807) is 18.5 Å². The lowest BCUT2D eigenvalue weighted by Crippen LogP contribution is -2.13. The Labute approximate surface area is 162 Å². The molecule has 0 aliphatic rings. The fraction of sp³-hybridized carbons (Fsp3) is 0. The molecule has 0 saturated heterocycles. The largest absolute Gasteiger partial charge is 0.321 e. The first-order valence-corrected chi connectivity index (χ1v) is 8.75. The second-order valence-electron chi connectivity index (χ2n) is 6.16. The maximum Gasteiger partial charge on any atom is 0.266 e. The molecule has 2 aromatic carbocycles. The van der Waals surface area contributed by atoms with Gasteiger partial charge in [-0.05, 0) is 42.0 Å². The van der Waals surface area contributed by atoms with Crippen LogP contribution in [-0.4, -0.2) is 15.5 Å². The number of fused-ring (bicyclic) bond motifs is 1. The van der Waals surface area contributed by atoms with Crippen molar-refractivity contribution < 1.29 is 4.79 Å². The summed E-state index contributed by atoms with van der Waals surface area (Å²) in [6.07, 6.45) is 7.00. The number of nitriles is 1. The fourth-order valence-electron chi connectivity index (χ4n) is 3.06. The second-order valence-corrected chi connectivity index (χ2v) is 6.16. The summed E-state index contributed by atoms with van der Waals surface area (Å²) in [7, 11) is 0. The summed E-state index contributed by atoms with van der Waals surface area (Å²) in [6.45, 7) is 0. The number of hydrogen-bond donors (Lipinski definition) is 1. The first kappa shape index (κ1) is 17.3. The van der Waals surface area contributed by atoms with E-state index >= 15 is 0 Å². The van der Waals surface area contributed by atoms with Gasteiger partial charge in [0.1, 0.15) is 11.6 Å². The van der Waals surface area contributed by atoms with Crippen molar-refractivity contribution in [2.75, 3.05) is 5.32 Å². The van der Waals surface area contributed by atoms with E-state index in [4.69, 9.17) is 0 Å². The van der Waals surface area contributed by atoms with Crippen molar-refractivity contribution in [3.8, 4) is 11.8 Å². The van der Waals surface area contributed by atoms with Crippen LogP contribution in [0, 0.1) is 11.3 Å². The Morgan fingerprint density at radius 1 is 1.00 bits per heavy atom. The zero-order valence-corrected chi connectivity index (χ0v) is 14.9. The maximum atomic E-state index is 12.7. The number of pyridine rings is 1. The molecule has 1 N–H and O–H groups in total. The van der Waals surface area contributed by atoms with Crippen molar-refractivity contribution in [1.82, 2.24) is 9.55 Å². The summed E-state index contributed by atoms with van der Waals surface area (Å²) < 4.78 is 2.03. The number of nitrogens with zero attached hydrogens (tertiary/aromatic N) is 3. The van der Waals surface area contributed by atoms with Gasteiger partial charge >= 0.3 is 0 Å². The lowest BCUT2D eigenvalue weighted by molar-refractivity contribution is -0.112. The van der Waals surface area contributed by atoms with E-state index in [9.17, 15) is 10.1 Å². The Kier molecular flexibility index (Phi) is 4.68. The topological polar surface area (TPSA) is 70.7 Å². The van der Waals surface area contributed by atoms with Crippen LogP contribution in [0.5, 0.6) is 0 Å². The van der Waals surface area contributed by atoms with E-state index in [0.29, 0.717) is 5.69 Å². The smallest absolute Gasteiger partial charge is 0.266 e. The van der Waals surface area contributed by atoms with Crippen LogP contribution in [-0.2, 0) is 4.79 Å². The van der Waals surface area contributed by atoms with Gasteiger partial charge in [0.25, 0.3) is 5.91 Å². The highest BCUT2D eigenvalue weighted by Gasteiger charge is 2.13. The summed E-state index contributed by atoms with van der Waals surface area (Å²) >= 11 is 0. The van der Waals surface area contributed by atoms with Crippen molar-refractivity contribution in [2.24, 2.45) is 0 Å². The Bertz CT molecular complexity index is 1200. The summed E-state index contributed by atoms with van der Waals surface area (Å²) in [5.74, 6) is -0.435. The van der Waals surface area contributed by atoms with Gasteiger partial charge in [0.15, 0.2) is 0 Å². The quantitative estimate of drug-likeness (QED) is 0.426. The number of amides is 1. The zero-order valence-electron chi connectivity index (χ0n) is 14.9. The number of hydrogen-bond acceptors (Lipinski definition) is 3. The number of anilines is 1. The molecule has 0 saturated carbocycles. The molecule has 0 spiro atoms. The van der Waals surface area contributed by atoms with E-state index in [2.05, 4.69) is 10.3 Å². The minimum absolute atomic E-state index is 0.0526. The Hall–Kier alpha value is -4.17. The van der Waals surface area contributed by atoms with Crippen LogP contribution in [0.15, 0.2) is 90.9 Å². The first-order valence-electron chi connectivity index (χ1n) is 8.75. The van der Waals surface area contributed by atoms with Crippen molar-refractivity contribution in [3.05, 3.63) is 96.5 Å². The third-order valence-electron chi connectivity index (χ3n) is 4.40. The molecule has 2 aromatic heterocycles. The lowest BCUT2D eigenvalue weighted by atomic mass is 10.1. The molecule has 0 atom stereocenters. The van der Waals surface area contributed by atoms with Crippen LogP contribution in [0.25, 0.3) is 22.7 Å². The summed E-state index contributed by atoms with van der Waals surface area (Å²) in [5.41, 5.74) is 3.45.